The van der Waals surface area contributed by atoms with Gasteiger partial charge in [0.05, 0.1) is 12.4 Å². The fraction of sp³-hybridized carbons (Fsp3) is 0.667. The van der Waals surface area contributed by atoms with Gasteiger partial charge in [0.2, 0.25) is 0 Å². The van der Waals surface area contributed by atoms with E-state index in [1.165, 1.54) is 19.3 Å². The van der Waals surface area contributed by atoms with Crippen LogP contribution in [0.5, 0.6) is 0 Å². The molecule has 8 heteroatoms. The molecule has 0 spiro atoms. The number of carbonyl (C=O) groups excluding carboxylic acids is 1. The van der Waals surface area contributed by atoms with Gasteiger partial charge in [-0.05, 0) is 38.6 Å². The molecule has 1 saturated carbocycles. The highest BCUT2D eigenvalue weighted by Gasteiger charge is 2.34. The maximum absolute atomic E-state index is 12.9. The fourth-order valence-corrected chi connectivity index (χ4v) is 3.61. The van der Waals surface area contributed by atoms with Gasteiger partial charge in [0.15, 0.2) is 5.69 Å². The van der Waals surface area contributed by atoms with E-state index in [0.717, 1.165) is 37.9 Å². The molecule has 1 aliphatic carbocycles. The molecule has 0 radical (unpaired) electrons. The Balaban J connectivity index is 1.37. The van der Waals surface area contributed by atoms with Crippen molar-refractivity contribution in [2.24, 2.45) is 7.05 Å². The third-order valence-electron chi connectivity index (χ3n) is 5.24. The number of carbonyl (C=O) groups is 1. The van der Waals surface area contributed by atoms with Crippen molar-refractivity contribution >= 4 is 5.91 Å². The van der Waals surface area contributed by atoms with Crippen LogP contribution in [0.15, 0.2) is 18.6 Å². The zero-order valence-electron chi connectivity index (χ0n) is 15.3. The minimum absolute atomic E-state index is 0.0293. The van der Waals surface area contributed by atoms with Crippen molar-refractivity contribution in [1.82, 2.24) is 35.0 Å². The first kappa shape index (κ1) is 17.2. The average Bonchev–Trinajstić information content (AvgIpc) is 3.24. The molecule has 2 aliphatic rings. The number of nitrogens with zero attached hydrogens (tertiary/aromatic N) is 6. The minimum Gasteiger partial charge on any atom is -0.330 e. The predicted molar refractivity (Wildman–Crippen MR) is 96.4 cm³/mol. The Morgan fingerprint density at radius 3 is 2.88 bits per heavy atom. The lowest BCUT2D eigenvalue weighted by molar-refractivity contribution is 0.0723. The third-order valence-corrected chi connectivity index (χ3v) is 5.24. The highest BCUT2D eigenvalue weighted by atomic mass is 16.2. The van der Waals surface area contributed by atoms with Crippen molar-refractivity contribution in [2.45, 2.75) is 63.7 Å². The van der Waals surface area contributed by atoms with E-state index in [0.29, 0.717) is 24.3 Å². The van der Waals surface area contributed by atoms with Crippen LogP contribution in [0.25, 0.3) is 0 Å². The molecule has 26 heavy (non-hydrogen) atoms. The lowest BCUT2D eigenvalue weighted by Crippen LogP contribution is -2.34. The summed E-state index contributed by atoms with van der Waals surface area (Å²) in [6, 6.07) is 0.875. The van der Waals surface area contributed by atoms with E-state index in [1.807, 2.05) is 24.3 Å². The molecule has 1 N–H and O–H groups in total. The lowest BCUT2D eigenvalue weighted by Gasteiger charge is -2.23. The van der Waals surface area contributed by atoms with Crippen molar-refractivity contribution in [3.8, 4) is 0 Å². The van der Waals surface area contributed by atoms with Crippen LogP contribution in [0.3, 0.4) is 0 Å². The number of amides is 1. The topological polar surface area (TPSA) is 80.9 Å². The van der Waals surface area contributed by atoms with E-state index >= 15 is 0 Å². The smallest absolute Gasteiger partial charge is 0.276 e. The monoisotopic (exact) mass is 357 g/mol. The van der Waals surface area contributed by atoms with Gasteiger partial charge >= 0.3 is 0 Å². The van der Waals surface area contributed by atoms with Gasteiger partial charge in [0, 0.05) is 44.0 Å². The summed E-state index contributed by atoms with van der Waals surface area (Å²) >= 11 is 0. The van der Waals surface area contributed by atoms with Gasteiger partial charge in [0.1, 0.15) is 0 Å². The molecule has 2 aromatic rings. The summed E-state index contributed by atoms with van der Waals surface area (Å²) in [5.41, 5.74) is 1.49. The second-order valence-electron chi connectivity index (χ2n) is 7.49. The van der Waals surface area contributed by atoms with Gasteiger partial charge in [-0.3, -0.25) is 14.2 Å². The molecular weight excluding hydrogens is 330 g/mol. The molecule has 2 fully saturated rings. The molecule has 0 aromatic carbocycles. The average molecular weight is 357 g/mol. The third kappa shape index (κ3) is 4.12. The summed E-state index contributed by atoms with van der Waals surface area (Å²) in [4.78, 5) is 14.8. The molecule has 8 nitrogen and oxygen atoms in total. The van der Waals surface area contributed by atoms with E-state index < -0.39 is 0 Å². The Bertz CT molecular complexity index is 742. The summed E-state index contributed by atoms with van der Waals surface area (Å²) in [5.74, 6) is -0.0293. The van der Waals surface area contributed by atoms with Crippen LogP contribution in [-0.4, -0.2) is 54.2 Å². The summed E-state index contributed by atoms with van der Waals surface area (Å²) in [5, 5.41) is 16.0. The van der Waals surface area contributed by atoms with Crippen LogP contribution in [0.2, 0.25) is 0 Å². The number of hydrogen-bond acceptors (Lipinski definition) is 5. The Morgan fingerprint density at radius 1 is 1.31 bits per heavy atom. The molecule has 0 bridgehead atoms. The normalized spacial score (nSPS) is 20.3. The SMILES string of the molecule is Cn1cc(CN(C(=O)c2cn(CCC3CCCCN3)nn2)C2CC2)cn1. The zero-order valence-corrected chi connectivity index (χ0v) is 15.3. The molecular formula is C18H27N7O. The van der Waals surface area contributed by atoms with Crippen LogP contribution in [0, 0.1) is 0 Å². The number of rotatable bonds is 7. The highest BCUT2D eigenvalue weighted by molar-refractivity contribution is 5.92. The van der Waals surface area contributed by atoms with Gasteiger partial charge in [-0.25, -0.2) is 0 Å². The van der Waals surface area contributed by atoms with Crippen LogP contribution in [-0.2, 0) is 20.1 Å². The molecule has 1 atom stereocenters. The molecule has 3 heterocycles. The van der Waals surface area contributed by atoms with Crippen molar-refractivity contribution in [1.29, 1.82) is 0 Å². The van der Waals surface area contributed by atoms with Gasteiger partial charge in [-0.15, -0.1) is 5.10 Å². The van der Waals surface area contributed by atoms with E-state index in [-0.39, 0.29) is 5.91 Å². The lowest BCUT2D eigenvalue weighted by atomic mass is 10.0. The quantitative estimate of drug-likeness (QED) is 0.809. The first-order chi connectivity index (χ1) is 12.7. The summed E-state index contributed by atoms with van der Waals surface area (Å²) < 4.78 is 3.57. The number of aryl methyl sites for hydroxylation is 2. The van der Waals surface area contributed by atoms with Gasteiger partial charge in [0.25, 0.3) is 5.91 Å². The second kappa shape index (κ2) is 7.57. The summed E-state index contributed by atoms with van der Waals surface area (Å²) in [7, 11) is 1.89. The summed E-state index contributed by atoms with van der Waals surface area (Å²) in [6.07, 6.45) is 12.5. The van der Waals surface area contributed by atoms with Crippen molar-refractivity contribution in [2.75, 3.05) is 6.54 Å². The van der Waals surface area contributed by atoms with E-state index in [1.54, 1.807) is 15.6 Å². The van der Waals surface area contributed by atoms with E-state index in [9.17, 15) is 4.79 Å². The highest BCUT2D eigenvalue weighted by Crippen LogP contribution is 2.29. The maximum Gasteiger partial charge on any atom is 0.276 e. The van der Waals surface area contributed by atoms with Gasteiger partial charge in [-0.2, -0.15) is 5.10 Å². The Kier molecular flexibility index (Phi) is 5.01. The van der Waals surface area contributed by atoms with Crippen LogP contribution >= 0.6 is 0 Å². The molecule has 1 aliphatic heterocycles. The Labute approximate surface area is 153 Å². The van der Waals surface area contributed by atoms with E-state index in [2.05, 4.69) is 20.7 Å². The van der Waals surface area contributed by atoms with Gasteiger partial charge < -0.3 is 10.2 Å². The molecule has 1 unspecified atom stereocenters. The van der Waals surface area contributed by atoms with E-state index in [4.69, 9.17) is 0 Å². The van der Waals surface area contributed by atoms with Crippen molar-refractivity contribution in [3.63, 3.8) is 0 Å². The molecule has 2 aromatic heterocycles. The van der Waals surface area contributed by atoms with Crippen molar-refractivity contribution in [3.05, 3.63) is 29.8 Å². The first-order valence-electron chi connectivity index (χ1n) is 9.61. The fourth-order valence-electron chi connectivity index (χ4n) is 3.61. The number of hydrogen-bond donors (Lipinski definition) is 1. The molecule has 1 saturated heterocycles. The number of aromatic nitrogens is 5. The Hall–Kier alpha value is -2.22. The van der Waals surface area contributed by atoms with Gasteiger partial charge in [-0.1, -0.05) is 11.6 Å². The standard InChI is InChI=1S/C18H27N7O/c1-23-11-14(10-20-23)12-25(16-5-6-16)18(26)17-13-24(22-21-17)9-7-15-4-2-3-8-19-15/h10-11,13,15-16,19H,2-9,12H2,1H3. The molecule has 4 rings (SSSR count). The first-order valence-corrected chi connectivity index (χ1v) is 9.61. The second-order valence-corrected chi connectivity index (χ2v) is 7.49. The van der Waals surface area contributed by atoms with Crippen LogP contribution in [0.4, 0.5) is 0 Å². The molecule has 1 amide bonds. The Morgan fingerprint density at radius 2 is 2.19 bits per heavy atom. The molecule has 140 valence electrons. The van der Waals surface area contributed by atoms with Crippen LogP contribution in [0.1, 0.15) is 54.6 Å². The maximum atomic E-state index is 12.9. The van der Waals surface area contributed by atoms with Crippen molar-refractivity contribution < 1.29 is 4.79 Å². The number of nitrogens with one attached hydrogen (secondary N) is 1. The largest absolute Gasteiger partial charge is 0.330 e. The van der Waals surface area contributed by atoms with Crippen LogP contribution < -0.4 is 5.32 Å². The predicted octanol–water partition coefficient (Wildman–Crippen LogP) is 1.35. The number of piperidine rings is 1. The summed E-state index contributed by atoms with van der Waals surface area (Å²) in [6.45, 7) is 2.48. The minimum atomic E-state index is -0.0293. The zero-order chi connectivity index (χ0) is 17.9.